The number of aromatic nitrogens is 2. The van der Waals surface area contributed by atoms with Crippen LogP contribution in [0.3, 0.4) is 0 Å². The first-order valence-corrected chi connectivity index (χ1v) is 6.09. The molecule has 0 amide bonds. The highest BCUT2D eigenvalue weighted by atomic mass is 16.3. The smallest absolute Gasteiger partial charge is 0.131 e. The maximum atomic E-state index is 9.52. The number of hydrogen-bond donors (Lipinski definition) is 1. The molecule has 3 atom stereocenters. The van der Waals surface area contributed by atoms with Crippen molar-refractivity contribution in [2.45, 2.75) is 52.1 Å². The van der Waals surface area contributed by atoms with Crippen molar-refractivity contribution in [2.24, 2.45) is 5.92 Å². The van der Waals surface area contributed by atoms with Gasteiger partial charge in [-0.2, -0.15) is 0 Å². The van der Waals surface area contributed by atoms with Crippen LogP contribution in [0.15, 0.2) is 6.20 Å². The van der Waals surface area contributed by atoms with E-state index < -0.39 is 6.10 Å². The molecule has 0 saturated heterocycles. The number of aliphatic hydroxyl groups excluding tert-OH is 1. The molecule has 0 aliphatic heterocycles. The molecule has 1 aliphatic rings. The van der Waals surface area contributed by atoms with Crippen LogP contribution in [0.25, 0.3) is 0 Å². The van der Waals surface area contributed by atoms with Gasteiger partial charge in [0.15, 0.2) is 0 Å². The fraction of sp³-hybridized carbons (Fsp3) is 0.692. The summed E-state index contributed by atoms with van der Waals surface area (Å²) in [5.74, 6) is 2.29. The standard InChI is InChI=1S/C13H20N2O/c1-8-4-5-11(6-8)13-14-7-12(10(3)16)9(2)15-13/h7-8,10-11,16H,4-6H2,1-3H3/t8?,10-,11?/m0/s1. The Balaban J connectivity index is 2.21. The van der Waals surface area contributed by atoms with E-state index >= 15 is 0 Å². The highest BCUT2D eigenvalue weighted by Crippen LogP contribution is 2.36. The van der Waals surface area contributed by atoms with E-state index in [1.807, 2.05) is 6.92 Å². The molecule has 88 valence electrons. The molecular formula is C13H20N2O. The van der Waals surface area contributed by atoms with Crippen LogP contribution in [0.5, 0.6) is 0 Å². The van der Waals surface area contributed by atoms with E-state index in [0.717, 1.165) is 23.0 Å². The summed E-state index contributed by atoms with van der Waals surface area (Å²) in [6.07, 6.45) is 5.00. The summed E-state index contributed by atoms with van der Waals surface area (Å²) in [4.78, 5) is 8.95. The molecule has 1 aliphatic carbocycles. The molecule has 0 radical (unpaired) electrons. The lowest BCUT2D eigenvalue weighted by Gasteiger charge is -2.12. The molecule has 3 heteroatoms. The zero-order valence-electron chi connectivity index (χ0n) is 10.3. The fourth-order valence-electron chi connectivity index (χ4n) is 2.54. The van der Waals surface area contributed by atoms with Gasteiger partial charge in [-0.1, -0.05) is 6.92 Å². The predicted octanol–water partition coefficient (Wildman–Crippen LogP) is 2.74. The van der Waals surface area contributed by atoms with Crippen molar-refractivity contribution in [3.8, 4) is 0 Å². The highest BCUT2D eigenvalue weighted by molar-refractivity contribution is 5.19. The summed E-state index contributed by atoms with van der Waals surface area (Å²) in [7, 11) is 0. The van der Waals surface area contributed by atoms with Gasteiger partial charge in [-0.25, -0.2) is 9.97 Å². The molecule has 0 bridgehead atoms. The van der Waals surface area contributed by atoms with E-state index in [4.69, 9.17) is 0 Å². The van der Waals surface area contributed by atoms with Crippen LogP contribution in [0.1, 0.15) is 62.2 Å². The Morgan fingerprint density at radius 1 is 1.44 bits per heavy atom. The minimum Gasteiger partial charge on any atom is -0.389 e. The molecule has 1 fully saturated rings. The molecule has 2 rings (SSSR count). The van der Waals surface area contributed by atoms with Gasteiger partial charge in [0.25, 0.3) is 0 Å². The molecule has 1 heterocycles. The van der Waals surface area contributed by atoms with Crippen LogP contribution in [0, 0.1) is 12.8 Å². The summed E-state index contributed by atoms with van der Waals surface area (Å²) >= 11 is 0. The van der Waals surface area contributed by atoms with Gasteiger partial charge in [-0.05, 0) is 39.0 Å². The Kier molecular flexibility index (Phi) is 3.24. The van der Waals surface area contributed by atoms with Gasteiger partial charge in [0.05, 0.1) is 6.10 Å². The number of rotatable bonds is 2. The van der Waals surface area contributed by atoms with Gasteiger partial charge in [-0.3, -0.25) is 0 Å². The van der Waals surface area contributed by atoms with E-state index in [1.54, 1.807) is 13.1 Å². The van der Waals surface area contributed by atoms with E-state index in [1.165, 1.54) is 19.3 Å². The van der Waals surface area contributed by atoms with Crippen LogP contribution in [-0.2, 0) is 0 Å². The van der Waals surface area contributed by atoms with E-state index in [-0.39, 0.29) is 0 Å². The van der Waals surface area contributed by atoms with E-state index in [0.29, 0.717) is 5.92 Å². The predicted molar refractivity (Wildman–Crippen MR) is 63.2 cm³/mol. The maximum Gasteiger partial charge on any atom is 0.131 e. The van der Waals surface area contributed by atoms with Crippen LogP contribution in [0.4, 0.5) is 0 Å². The molecule has 16 heavy (non-hydrogen) atoms. The fourth-order valence-corrected chi connectivity index (χ4v) is 2.54. The lowest BCUT2D eigenvalue weighted by atomic mass is 10.0. The summed E-state index contributed by atoms with van der Waals surface area (Å²) in [6, 6.07) is 0. The average molecular weight is 220 g/mol. The number of hydrogen-bond acceptors (Lipinski definition) is 3. The molecule has 3 nitrogen and oxygen atoms in total. The minimum absolute atomic E-state index is 0.475. The molecule has 0 spiro atoms. The average Bonchev–Trinajstić information content (AvgIpc) is 2.64. The lowest BCUT2D eigenvalue weighted by Crippen LogP contribution is -2.06. The third kappa shape index (κ3) is 2.24. The van der Waals surface area contributed by atoms with Crippen molar-refractivity contribution in [3.05, 3.63) is 23.3 Å². The van der Waals surface area contributed by atoms with Crippen molar-refractivity contribution in [3.63, 3.8) is 0 Å². The van der Waals surface area contributed by atoms with Crippen molar-refractivity contribution >= 4 is 0 Å². The highest BCUT2D eigenvalue weighted by Gasteiger charge is 2.25. The van der Waals surface area contributed by atoms with Crippen molar-refractivity contribution < 1.29 is 5.11 Å². The molecule has 1 N–H and O–H groups in total. The van der Waals surface area contributed by atoms with Crippen LogP contribution in [-0.4, -0.2) is 15.1 Å². The third-order valence-electron chi connectivity index (χ3n) is 3.55. The Morgan fingerprint density at radius 3 is 2.69 bits per heavy atom. The zero-order valence-corrected chi connectivity index (χ0v) is 10.3. The summed E-state index contributed by atoms with van der Waals surface area (Å²) in [5.41, 5.74) is 1.76. The quantitative estimate of drug-likeness (QED) is 0.833. The monoisotopic (exact) mass is 220 g/mol. The molecule has 2 unspecified atom stereocenters. The van der Waals surface area contributed by atoms with Crippen molar-refractivity contribution in [2.75, 3.05) is 0 Å². The normalized spacial score (nSPS) is 27.0. The summed E-state index contributed by atoms with van der Waals surface area (Å²) in [6.45, 7) is 5.99. The maximum absolute atomic E-state index is 9.52. The number of aliphatic hydroxyl groups is 1. The Labute approximate surface area is 96.9 Å². The molecule has 1 saturated carbocycles. The SMILES string of the molecule is Cc1nc(C2CCC(C)C2)ncc1[C@H](C)O. The van der Waals surface area contributed by atoms with Crippen LogP contribution >= 0.6 is 0 Å². The van der Waals surface area contributed by atoms with Crippen LogP contribution < -0.4 is 0 Å². The van der Waals surface area contributed by atoms with Gasteiger partial charge in [-0.15, -0.1) is 0 Å². The Hall–Kier alpha value is -0.960. The number of aryl methyl sites for hydroxylation is 1. The molecule has 1 aromatic heterocycles. The second-order valence-electron chi connectivity index (χ2n) is 5.06. The molecule has 1 aromatic rings. The van der Waals surface area contributed by atoms with Gasteiger partial charge in [0.1, 0.15) is 5.82 Å². The van der Waals surface area contributed by atoms with E-state index in [9.17, 15) is 5.11 Å². The largest absolute Gasteiger partial charge is 0.389 e. The Bertz CT molecular complexity index is 376. The van der Waals surface area contributed by atoms with Gasteiger partial charge >= 0.3 is 0 Å². The zero-order chi connectivity index (χ0) is 11.7. The molecular weight excluding hydrogens is 200 g/mol. The summed E-state index contributed by atoms with van der Waals surface area (Å²) in [5, 5.41) is 9.52. The Morgan fingerprint density at radius 2 is 2.19 bits per heavy atom. The first kappa shape index (κ1) is 11.5. The molecule has 0 aromatic carbocycles. The van der Waals surface area contributed by atoms with Crippen LogP contribution in [0.2, 0.25) is 0 Å². The van der Waals surface area contributed by atoms with Gasteiger partial charge in [0.2, 0.25) is 0 Å². The lowest BCUT2D eigenvalue weighted by molar-refractivity contribution is 0.197. The van der Waals surface area contributed by atoms with Gasteiger partial charge in [0, 0.05) is 23.4 Å². The first-order valence-electron chi connectivity index (χ1n) is 6.09. The van der Waals surface area contributed by atoms with E-state index in [2.05, 4.69) is 16.9 Å². The minimum atomic E-state index is -0.475. The van der Waals surface area contributed by atoms with Crippen molar-refractivity contribution in [1.29, 1.82) is 0 Å². The topological polar surface area (TPSA) is 46.0 Å². The number of nitrogens with zero attached hydrogens (tertiary/aromatic N) is 2. The van der Waals surface area contributed by atoms with Crippen molar-refractivity contribution in [1.82, 2.24) is 9.97 Å². The summed E-state index contributed by atoms with van der Waals surface area (Å²) < 4.78 is 0. The third-order valence-corrected chi connectivity index (χ3v) is 3.55. The van der Waals surface area contributed by atoms with Gasteiger partial charge < -0.3 is 5.11 Å². The first-order chi connectivity index (χ1) is 7.58. The second-order valence-corrected chi connectivity index (χ2v) is 5.06. The second kappa shape index (κ2) is 4.50.